The molecule has 1 rings (SSSR count). The normalized spacial score (nSPS) is 32.3. The molecular formula is C9H16O2. The Kier molecular flexibility index (Phi) is 2.33. The Morgan fingerprint density at radius 2 is 2.18 bits per heavy atom. The summed E-state index contributed by atoms with van der Waals surface area (Å²) < 4.78 is 5.49. The largest absolute Gasteiger partial charge is 0.377 e. The van der Waals surface area contributed by atoms with Gasteiger partial charge in [-0.25, -0.2) is 0 Å². The molecule has 11 heavy (non-hydrogen) atoms. The highest BCUT2D eigenvalue weighted by molar-refractivity contribution is 5.59. The van der Waals surface area contributed by atoms with Crippen molar-refractivity contribution >= 4 is 6.29 Å². The first-order valence-electron chi connectivity index (χ1n) is 4.16. The molecule has 64 valence electrons. The fraction of sp³-hybridized carbons (Fsp3) is 0.889. The third kappa shape index (κ3) is 1.62. The third-order valence-electron chi connectivity index (χ3n) is 2.42. The van der Waals surface area contributed by atoms with E-state index in [0.29, 0.717) is 5.92 Å². The van der Waals surface area contributed by atoms with Gasteiger partial charge in [-0.05, 0) is 12.3 Å². The van der Waals surface area contributed by atoms with Crippen LogP contribution in [0.5, 0.6) is 0 Å². The first kappa shape index (κ1) is 8.72. The van der Waals surface area contributed by atoms with Crippen LogP contribution in [-0.4, -0.2) is 19.0 Å². The molecule has 2 nitrogen and oxygen atoms in total. The van der Waals surface area contributed by atoms with E-state index in [2.05, 4.69) is 6.92 Å². The van der Waals surface area contributed by atoms with Gasteiger partial charge in [0.25, 0.3) is 0 Å². The van der Waals surface area contributed by atoms with Crippen LogP contribution in [0.15, 0.2) is 0 Å². The number of hydrogen-bond donors (Lipinski definition) is 0. The maximum atomic E-state index is 10.7. The minimum Gasteiger partial charge on any atom is -0.377 e. The molecule has 0 saturated carbocycles. The van der Waals surface area contributed by atoms with Crippen molar-refractivity contribution in [3.05, 3.63) is 0 Å². The van der Waals surface area contributed by atoms with Crippen LogP contribution in [0.25, 0.3) is 0 Å². The van der Waals surface area contributed by atoms with Crippen molar-refractivity contribution < 1.29 is 9.53 Å². The van der Waals surface area contributed by atoms with Crippen molar-refractivity contribution in [1.82, 2.24) is 0 Å². The van der Waals surface area contributed by atoms with E-state index in [9.17, 15) is 4.79 Å². The van der Waals surface area contributed by atoms with Gasteiger partial charge in [-0.15, -0.1) is 0 Å². The Labute approximate surface area is 67.9 Å². The highest BCUT2D eigenvalue weighted by Gasteiger charge is 2.37. The molecule has 2 heteroatoms. The van der Waals surface area contributed by atoms with E-state index in [1.54, 1.807) is 0 Å². The second-order valence-corrected chi connectivity index (χ2v) is 4.00. The predicted molar refractivity (Wildman–Crippen MR) is 43.4 cm³/mol. The molecule has 0 bridgehead atoms. The van der Waals surface area contributed by atoms with Crippen LogP contribution in [0.3, 0.4) is 0 Å². The number of carbonyl (C=O) groups is 1. The average molecular weight is 156 g/mol. The molecule has 1 fully saturated rings. The summed E-state index contributed by atoms with van der Waals surface area (Å²) in [5, 5.41) is 0. The lowest BCUT2D eigenvalue weighted by atomic mass is 9.82. The minimum absolute atomic E-state index is 0.125. The van der Waals surface area contributed by atoms with E-state index in [1.807, 2.05) is 13.8 Å². The van der Waals surface area contributed by atoms with Gasteiger partial charge in [0.05, 0.1) is 6.10 Å². The zero-order valence-electron chi connectivity index (χ0n) is 7.46. The molecule has 2 atom stereocenters. The SMILES string of the molecule is C[C@H]1CCO[C@@H]1C(C)(C)C=O. The summed E-state index contributed by atoms with van der Waals surface area (Å²) in [5.74, 6) is 0.523. The highest BCUT2D eigenvalue weighted by atomic mass is 16.5. The first-order chi connectivity index (χ1) is 5.08. The Morgan fingerprint density at radius 1 is 1.55 bits per heavy atom. The molecule has 0 aliphatic carbocycles. The van der Waals surface area contributed by atoms with Gasteiger partial charge in [0.2, 0.25) is 0 Å². The van der Waals surface area contributed by atoms with Crippen LogP contribution in [0.4, 0.5) is 0 Å². The monoisotopic (exact) mass is 156 g/mol. The molecule has 0 radical (unpaired) electrons. The molecule has 1 saturated heterocycles. The summed E-state index contributed by atoms with van der Waals surface area (Å²) in [5.41, 5.74) is -0.310. The summed E-state index contributed by atoms with van der Waals surface area (Å²) in [7, 11) is 0. The lowest BCUT2D eigenvalue weighted by molar-refractivity contribution is -0.122. The van der Waals surface area contributed by atoms with E-state index < -0.39 is 0 Å². The second-order valence-electron chi connectivity index (χ2n) is 4.00. The molecule has 0 unspecified atom stereocenters. The predicted octanol–water partition coefficient (Wildman–Crippen LogP) is 1.64. The fourth-order valence-electron chi connectivity index (χ4n) is 1.71. The van der Waals surface area contributed by atoms with Crippen LogP contribution in [0, 0.1) is 11.3 Å². The maximum Gasteiger partial charge on any atom is 0.128 e. The molecule has 0 aromatic rings. The number of rotatable bonds is 2. The van der Waals surface area contributed by atoms with E-state index >= 15 is 0 Å². The number of aldehydes is 1. The van der Waals surface area contributed by atoms with E-state index in [1.165, 1.54) is 0 Å². The standard InChI is InChI=1S/C9H16O2/c1-7-4-5-11-8(7)9(2,3)6-10/h6-8H,4-5H2,1-3H3/t7-,8-/m0/s1. The Balaban J connectivity index is 2.65. The van der Waals surface area contributed by atoms with Crippen molar-refractivity contribution in [1.29, 1.82) is 0 Å². The van der Waals surface area contributed by atoms with Gasteiger partial charge >= 0.3 is 0 Å². The molecule has 0 aromatic heterocycles. The van der Waals surface area contributed by atoms with Crippen molar-refractivity contribution in [2.24, 2.45) is 11.3 Å². The number of carbonyl (C=O) groups excluding carboxylic acids is 1. The van der Waals surface area contributed by atoms with E-state index in [4.69, 9.17) is 4.74 Å². The maximum absolute atomic E-state index is 10.7. The molecule has 1 aliphatic rings. The quantitative estimate of drug-likeness (QED) is 0.568. The zero-order valence-corrected chi connectivity index (χ0v) is 7.46. The van der Waals surface area contributed by atoms with Crippen molar-refractivity contribution in [3.8, 4) is 0 Å². The Bertz CT molecular complexity index is 152. The Morgan fingerprint density at radius 3 is 2.55 bits per heavy atom. The molecule has 1 heterocycles. The molecule has 0 spiro atoms. The minimum atomic E-state index is -0.310. The fourth-order valence-corrected chi connectivity index (χ4v) is 1.71. The Hall–Kier alpha value is -0.370. The topological polar surface area (TPSA) is 26.3 Å². The lowest BCUT2D eigenvalue weighted by Crippen LogP contribution is -2.34. The molecule has 0 amide bonds. The average Bonchev–Trinajstić information content (AvgIpc) is 2.36. The van der Waals surface area contributed by atoms with Crippen LogP contribution < -0.4 is 0 Å². The molecule has 0 N–H and O–H groups in total. The van der Waals surface area contributed by atoms with Gasteiger partial charge in [-0.2, -0.15) is 0 Å². The van der Waals surface area contributed by atoms with Gasteiger partial charge < -0.3 is 9.53 Å². The highest BCUT2D eigenvalue weighted by Crippen LogP contribution is 2.33. The van der Waals surface area contributed by atoms with Crippen LogP contribution >= 0.6 is 0 Å². The summed E-state index contributed by atoms with van der Waals surface area (Å²) in [6.07, 6.45) is 2.21. The molecular weight excluding hydrogens is 140 g/mol. The van der Waals surface area contributed by atoms with Crippen LogP contribution in [0.2, 0.25) is 0 Å². The smallest absolute Gasteiger partial charge is 0.128 e. The van der Waals surface area contributed by atoms with E-state index in [-0.39, 0.29) is 11.5 Å². The number of ether oxygens (including phenoxy) is 1. The van der Waals surface area contributed by atoms with Gasteiger partial charge in [0.15, 0.2) is 0 Å². The van der Waals surface area contributed by atoms with Crippen molar-refractivity contribution in [3.63, 3.8) is 0 Å². The van der Waals surface area contributed by atoms with Crippen LogP contribution in [-0.2, 0) is 9.53 Å². The summed E-state index contributed by atoms with van der Waals surface area (Å²) in [4.78, 5) is 10.7. The summed E-state index contributed by atoms with van der Waals surface area (Å²) in [6, 6.07) is 0. The van der Waals surface area contributed by atoms with Crippen molar-refractivity contribution in [2.45, 2.75) is 33.3 Å². The number of hydrogen-bond acceptors (Lipinski definition) is 2. The molecule has 0 aromatic carbocycles. The summed E-state index contributed by atoms with van der Waals surface area (Å²) >= 11 is 0. The lowest BCUT2D eigenvalue weighted by Gasteiger charge is -2.27. The summed E-state index contributed by atoms with van der Waals surface area (Å²) in [6.45, 7) is 6.82. The van der Waals surface area contributed by atoms with Crippen molar-refractivity contribution in [2.75, 3.05) is 6.61 Å². The zero-order chi connectivity index (χ0) is 8.48. The second kappa shape index (κ2) is 2.94. The van der Waals surface area contributed by atoms with Gasteiger partial charge in [-0.1, -0.05) is 20.8 Å². The first-order valence-corrected chi connectivity index (χ1v) is 4.16. The van der Waals surface area contributed by atoms with Gasteiger partial charge in [-0.3, -0.25) is 0 Å². The van der Waals surface area contributed by atoms with Gasteiger partial charge in [0, 0.05) is 12.0 Å². The third-order valence-corrected chi connectivity index (χ3v) is 2.42. The van der Waals surface area contributed by atoms with E-state index in [0.717, 1.165) is 19.3 Å². The van der Waals surface area contributed by atoms with Gasteiger partial charge in [0.1, 0.15) is 6.29 Å². The molecule has 1 aliphatic heterocycles. The van der Waals surface area contributed by atoms with Crippen LogP contribution in [0.1, 0.15) is 27.2 Å².